The first kappa shape index (κ1) is 21.1. The highest BCUT2D eigenvalue weighted by Gasteiger charge is 2.20. The molecule has 0 aliphatic rings. The van der Waals surface area contributed by atoms with Crippen LogP contribution in [0.1, 0.15) is 25.0 Å². The van der Waals surface area contributed by atoms with E-state index in [0.29, 0.717) is 38.3 Å². The Morgan fingerprint density at radius 1 is 1.10 bits per heavy atom. The minimum Gasteiger partial charge on any atom is -0.481 e. The predicted octanol–water partition coefficient (Wildman–Crippen LogP) is 6.22. The van der Waals surface area contributed by atoms with Gasteiger partial charge in [0.15, 0.2) is 0 Å². The number of carboxylic acids is 1. The van der Waals surface area contributed by atoms with Crippen LogP contribution < -0.4 is 4.74 Å². The fraction of sp³-hybridized carbons (Fsp3) is 0.227. The lowest BCUT2D eigenvalue weighted by Gasteiger charge is -2.36. The van der Waals surface area contributed by atoms with Gasteiger partial charge in [0.2, 0.25) is 0 Å². The van der Waals surface area contributed by atoms with Crippen molar-refractivity contribution in [3.8, 4) is 11.5 Å². The van der Waals surface area contributed by atoms with Gasteiger partial charge < -0.3 is 9.84 Å². The second-order valence-corrected chi connectivity index (χ2v) is 9.74. The lowest BCUT2D eigenvalue weighted by molar-refractivity contribution is -0.136. The molecule has 3 aromatic rings. The summed E-state index contributed by atoms with van der Waals surface area (Å²) in [5, 5.41) is 10.1. The van der Waals surface area contributed by atoms with Crippen LogP contribution in [0.15, 0.2) is 53.4 Å². The zero-order valence-electron chi connectivity index (χ0n) is 16.3. The molecule has 154 valence electrons. The highest BCUT2D eigenvalue weighted by molar-refractivity contribution is 8.24. The molecule has 0 spiro atoms. The molecule has 0 bridgehead atoms. The van der Waals surface area contributed by atoms with Gasteiger partial charge in [-0.15, -0.1) is 0 Å². The van der Waals surface area contributed by atoms with E-state index in [4.69, 9.17) is 4.74 Å². The first-order valence-corrected chi connectivity index (χ1v) is 10.7. The maximum absolute atomic E-state index is 13.9. The summed E-state index contributed by atoms with van der Waals surface area (Å²) in [4.78, 5) is 11.6. The molecule has 0 heterocycles. The van der Waals surface area contributed by atoms with E-state index >= 15 is 0 Å². The predicted molar refractivity (Wildman–Crippen MR) is 113 cm³/mol. The van der Waals surface area contributed by atoms with Gasteiger partial charge in [0.1, 0.15) is 17.3 Å². The molecule has 0 saturated heterocycles. The third-order valence-electron chi connectivity index (χ3n) is 4.80. The monoisotopic (exact) mass is 418 g/mol. The molecule has 0 amide bonds. The third kappa shape index (κ3) is 4.37. The maximum atomic E-state index is 13.9. The minimum absolute atomic E-state index is 0.177. The van der Waals surface area contributed by atoms with Gasteiger partial charge in [-0.1, -0.05) is 12.1 Å². The molecule has 7 heteroatoms. The molecule has 5 nitrogen and oxygen atoms in total. The van der Waals surface area contributed by atoms with E-state index < -0.39 is 22.4 Å². The fourth-order valence-corrected chi connectivity index (χ4v) is 4.15. The molecule has 0 unspecified atom stereocenters. The van der Waals surface area contributed by atoms with E-state index in [1.54, 1.807) is 57.2 Å². The first-order chi connectivity index (χ1) is 13.6. The van der Waals surface area contributed by atoms with Crippen LogP contribution in [0.25, 0.3) is 10.8 Å². The summed E-state index contributed by atoms with van der Waals surface area (Å²) >= 11 is 0. The van der Waals surface area contributed by atoms with Crippen molar-refractivity contribution in [1.29, 1.82) is 0 Å². The summed E-state index contributed by atoms with van der Waals surface area (Å²) in [5.74, 6) is -0.590. The fourth-order valence-electron chi connectivity index (χ4n) is 3.07. The summed E-state index contributed by atoms with van der Waals surface area (Å²) in [6.07, 6.45) is -0.177. The van der Waals surface area contributed by atoms with Crippen LogP contribution in [0.2, 0.25) is 0 Å². The molecule has 3 aromatic carbocycles. The van der Waals surface area contributed by atoms with Crippen LogP contribution >= 0.6 is 10.6 Å². The topological polar surface area (TPSA) is 87.0 Å². The molecule has 0 fully saturated rings. The highest BCUT2D eigenvalue weighted by Crippen LogP contribution is 2.52. The Morgan fingerprint density at radius 3 is 2.34 bits per heavy atom. The second-order valence-electron chi connectivity index (χ2n) is 7.14. The second kappa shape index (κ2) is 8.02. The minimum atomic E-state index is -2.91. The average molecular weight is 418 g/mol. The molecule has 0 aromatic heterocycles. The van der Waals surface area contributed by atoms with Gasteiger partial charge in [-0.25, -0.2) is 4.39 Å². The lowest BCUT2D eigenvalue weighted by atomic mass is 9.98. The van der Waals surface area contributed by atoms with Gasteiger partial charge in [-0.3, -0.25) is 13.9 Å². The van der Waals surface area contributed by atoms with E-state index in [0.717, 1.165) is 0 Å². The number of ether oxygens (including phenoxy) is 1. The Labute approximate surface area is 170 Å². The lowest BCUT2D eigenvalue weighted by Crippen LogP contribution is -2.10. The van der Waals surface area contributed by atoms with Crippen molar-refractivity contribution in [2.24, 2.45) is 0 Å². The van der Waals surface area contributed by atoms with Gasteiger partial charge in [-0.2, -0.15) is 10.6 Å². The van der Waals surface area contributed by atoms with E-state index in [9.17, 15) is 23.4 Å². The number of rotatable bonds is 6. The smallest absolute Gasteiger partial charge is 0.307 e. The molecule has 29 heavy (non-hydrogen) atoms. The van der Waals surface area contributed by atoms with Gasteiger partial charge in [0, 0.05) is 10.6 Å². The Bertz CT molecular complexity index is 1060. The van der Waals surface area contributed by atoms with E-state index in [1.807, 2.05) is 0 Å². The third-order valence-corrected chi connectivity index (χ3v) is 7.08. The van der Waals surface area contributed by atoms with Crippen LogP contribution in [-0.4, -0.2) is 25.4 Å². The SMILES string of the molecule is Cc1c(CC(=O)O)cc2ccc(F)cc2c1Oc1ccc(S(O)(O)C(C)C)cc1. The van der Waals surface area contributed by atoms with Crippen LogP contribution in [0.5, 0.6) is 11.5 Å². The number of hydrogen-bond donors (Lipinski definition) is 3. The number of carbonyl (C=O) groups is 1. The molecule has 0 aliphatic carbocycles. The normalized spacial score (nSPS) is 12.4. The number of aliphatic carboxylic acids is 1. The van der Waals surface area contributed by atoms with Crippen molar-refractivity contribution < 1.29 is 28.1 Å². The first-order valence-electron chi connectivity index (χ1n) is 9.08. The molecule has 0 radical (unpaired) electrons. The van der Waals surface area contributed by atoms with Crippen LogP contribution in [0.3, 0.4) is 0 Å². The summed E-state index contributed by atoms with van der Waals surface area (Å²) in [7, 11) is -2.91. The summed E-state index contributed by atoms with van der Waals surface area (Å²) < 4.78 is 40.4. The van der Waals surface area contributed by atoms with Crippen molar-refractivity contribution in [1.82, 2.24) is 0 Å². The summed E-state index contributed by atoms with van der Waals surface area (Å²) in [6.45, 7) is 5.21. The molecule has 0 aliphatic heterocycles. The zero-order chi connectivity index (χ0) is 21.3. The Morgan fingerprint density at radius 2 is 1.76 bits per heavy atom. The molecule has 0 atom stereocenters. The van der Waals surface area contributed by atoms with Crippen LogP contribution in [-0.2, 0) is 11.2 Å². The van der Waals surface area contributed by atoms with Gasteiger partial charge in [-0.05, 0) is 73.7 Å². The van der Waals surface area contributed by atoms with Crippen molar-refractivity contribution in [3.63, 3.8) is 0 Å². The van der Waals surface area contributed by atoms with Gasteiger partial charge in [0.05, 0.1) is 11.3 Å². The number of carboxylic acid groups (broad SMARTS) is 1. The maximum Gasteiger partial charge on any atom is 0.307 e. The van der Waals surface area contributed by atoms with Crippen molar-refractivity contribution in [3.05, 3.63) is 65.5 Å². The van der Waals surface area contributed by atoms with E-state index in [1.165, 1.54) is 12.1 Å². The highest BCUT2D eigenvalue weighted by atomic mass is 32.3. The number of halogens is 1. The number of hydrogen-bond acceptors (Lipinski definition) is 4. The number of fused-ring (bicyclic) bond motifs is 1. The van der Waals surface area contributed by atoms with Crippen LogP contribution in [0.4, 0.5) is 4.39 Å². The van der Waals surface area contributed by atoms with Crippen molar-refractivity contribution >= 4 is 27.3 Å². The Balaban J connectivity index is 2.06. The quantitative estimate of drug-likeness (QED) is 0.442. The molecule has 3 N–H and O–H groups in total. The standard InChI is InChI=1S/C22H23FO5S/c1-13(2)29(26,27)19-8-6-18(7-9-19)28-22-14(3)16(11-21(24)25)10-15-4-5-17(23)12-20(15)22/h4-10,12-13,26-27H,11H2,1-3H3,(H,24,25). The average Bonchev–Trinajstić information content (AvgIpc) is 2.65. The summed E-state index contributed by atoms with van der Waals surface area (Å²) in [5.41, 5.74) is 1.19. The Kier molecular flexibility index (Phi) is 5.84. The zero-order valence-corrected chi connectivity index (χ0v) is 17.2. The molecular weight excluding hydrogens is 395 g/mol. The van der Waals surface area contributed by atoms with Crippen LogP contribution in [0, 0.1) is 12.7 Å². The van der Waals surface area contributed by atoms with Gasteiger partial charge in [0.25, 0.3) is 0 Å². The molecule has 3 rings (SSSR count). The largest absolute Gasteiger partial charge is 0.481 e. The van der Waals surface area contributed by atoms with Crippen molar-refractivity contribution in [2.75, 3.05) is 0 Å². The van der Waals surface area contributed by atoms with Gasteiger partial charge >= 0.3 is 5.97 Å². The van der Waals surface area contributed by atoms with Crippen molar-refractivity contribution in [2.45, 2.75) is 37.3 Å². The van der Waals surface area contributed by atoms with E-state index in [2.05, 4.69) is 0 Å². The number of benzene rings is 3. The summed E-state index contributed by atoms with van der Waals surface area (Å²) in [6, 6.07) is 12.4. The Hall–Kier alpha value is -2.61. The van der Waals surface area contributed by atoms with E-state index in [-0.39, 0.29) is 11.7 Å². The molecule has 0 saturated carbocycles. The molecular formula is C22H23FO5S.